The summed E-state index contributed by atoms with van der Waals surface area (Å²) in [6, 6.07) is 6.88. The Labute approximate surface area is 142 Å². The molecule has 0 atom stereocenters. The highest BCUT2D eigenvalue weighted by Gasteiger charge is 2.14. The van der Waals surface area contributed by atoms with Crippen LogP contribution in [0.25, 0.3) is 0 Å². The molecule has 0 fully saturated rings. The van der Waals surface area contributed by atoms with Crippen molar-refractivity contribution in [3.05, 3.63) is 46.1 Å². The van der Waals surface area contributed by atoms with Crippen LogP contribution in [0.5, 0.6) is 17.4 Å². The molecule has 1 heterocycles. The number of benzene rings is 1. The number of nitrogens with zero attached hydrogens (tertiary/aromatic N) is 1. The van der Waals surface area contributed by atoms with Crippen LogP contribution in [0.1, 0.15) is 15.9 Å². The normalized spacial score (nSPS) is 10.1. The van der Waals surface area contributed by atoms with Gasteiger partial charge in [0.25, 0.3) is 5.91 Å². The second kappa shape index (κ2) is 7.82. The summed E-state index contributed by atoms with van der Waals surface area (Å²) in [6.45, 7) is 0.358. The minimum atomic E-state index is -0.232. The molecular weight excluding hydrogens is 364 g/mol. The van der Waals surface area contributed by atoms with Crippen LogP contribution in [0.15, 0.2) is 34.9 Å². The van der Waals surface area contributed by atoms with Crippen LogP contribution in [-0.4, -0.2) is 32.2 Å². The van der Waals surface area contributed by atoms with E-state index in [-0.39, 0.29) is 5.91 Å². The molecule has 0 aliphatic rings. The van der Waals surface area contributed by atoms with Crippen LogP contribution in [0.3, 0.4) is 0 Å². The van der Waals surface area contributed by atoms with Gasteiger partial charge < -0.3 is 19.5 Å². The number of nitrogens with one attached hydrogen (secondary N) is 1. The summed E-state index contributed by atoms with van der Waals surface area (Å²) in [7, 11) is 4.62. The Morgan fingerprint density at radius 2 is 1.78 bits per heavy atom. The lowest BCUT2D eigenvalue weighted by Crippen LogP contribution is -2.23. The maximum Gasteiger partial charge on any atom is 0.251 e. The Hall–Kier alpha value is -2.28. The number of rotatable bonds is 6. The number of hydrogen-bond donors (Lipinski definition) is 1. The molecule has 1 aromatic heterocycles. The summed E-state index contributed by atoms with van der Waals surface area (Å²) in [5, 5.41) is 2.83. The average Bonchev–Trinajstić information content (AvgIpc) is 2.60. The van der Waals surface area contributed by atoms with Crippen molar-refractivity contribution < 1.29 is 19.0 Å². The highest BCUT2D eigenvalue weighted by Crippen LogP contribution is 2.35. The highest BCUT2D eigenvalue weighted by molar-refractivity contribution is 9.10. The first-order chi connectivity index (χ1) is 11.1. The van der Waals surface area contributed by atoms with Gasteiger partial charge in [-0.25, -0.2) is 4.98 Å². The molecule has 0 unspecified atom stereocenters. The summed E-state index contributed by atoms with van der Waals surface area (Å²) in [5.41, 5.74) is 1.32. The second-order valence-electron chi connectivity index (χ2n) is 4.59. The number of amides is 1. The van der Waals surface area contributed by atoms with E-state index >= 15 is 0 Å². The van der Waals surface area contributed by atoms with Crippen LogP contribution in [-0.2, 0) is 6.54 Å². The van der Waals surface area contributed by atoms with Gasteiger partial charge in [-0.05, 0) is 33.6 Å². The Morgan fingerprint density at radius 3 is 2.26 bits per heavy atom. The van der Waals surface area contributed by atoms with E-state index in [4.69, 9.17) is 14.2 Å². The van der Waals surface area contributed by atoms with Crippen molar-refractivity contribution in [2.75, 3.05) is 21.3 Å². The lowest BCUT2D eigenvalue weighted by Gasteiger charge is -2.12. The molecule has 2 aromatic rings. The van der Waals surface area contributed by atoms with Crippen molar-refractivity contribution >= 4 is 21.8 Å². The number of halogens is 1. The molecule has 7 heteroatoms. The summed E-state index contributed by atoms with van der Waals surface area (Å²) >= 11 is 3.37. The smallest absolute Gasteiger partial charge is 0.251 e. The number of aromatic nitrogens is 1. The third-order valence-electron chi connectivity index (χ3n) is 3.17. The maximum absolute atomic E-state index is 12.3. The van der Waals surface area contributed by atoms with E-state index in [1.807, 2.05) is 6.07 Å². The minimum absolute atomic E-state index is 0.232. The van der Waals surface area contributed by atoms with E-state index < -0.39 is 0 Å². The third-order valence-corrected chi connectivity index (χ3v) is 3.95. The zero-order chi connectivity index (χ0) is 16.8. The molecule has 1 aromatic carbocycles. The number of pyridine rings is 1. The van der Waals surface area contributed by atoms with Crippen molar-refractivity contribution in [3.8, 4) is 17.4 Å². The highest BCUT2D eigenvalue weighted by atomic mass is 79.9. The Morgan fingerprint density at radius 1 is 1.13 bits per heavy atom. The fourth-order valence-electron chi connectivity index (χ4n) is 1.92. The number of ether oxygens (including phenoxy) is 3. The van der Waals surface area contributed by atoms with Crippen LogP contribution in [0.2, 0.25) is 0 Å². The molecule has 1 amide bonds. The largest absolute Gasteiger partial charge is 0.495 e. The third kappa shape index (κ3) is 4.13. The predicted octanol–water partition coefficient (Wildman–Crippen LogP) is 2.80. The van der Waals surface area contributed by atoms with Gasteiger partial charge >= 0.3 is 0 Å². The molecule has 23 heavy (non-hydrogen) atoms. The predicted molar refractivity (Wildman–Crippen MR) is 89.2 cm³/mol. The lowest BCUT2D eigenvalue weighted by molar-refractivity contribution is 0.0950. The number of carbonyl (C=O) groups excluding carboxylic acids is 1. The molecule has 0 radical (unpaired) electrons. The first-order valence-electron chi connectivity index (χ1n) is 6.77. The molecular formula is C16H17BrN2O4. The van der Waals surface area contributed by atoms with Gasteiger partial charge in [-0.2, -0.15) is 0 Å². The Kier molecular flexibility index (Phi) is 5.81. The molecule has 0 spiro atoms. The Bertz CT molecular complexity index is 664. The van der Waals surface area contributed by atoms with E-state index in [1.165, 1.54) is 14.2 Å². The van der Waals surface area contributed by atoms with E-state index in [0.29, 0.717) is 34.0 Å². The van der Waals surface area contributed by atoms with Gasteiger partial charge in [-0.3, -0.25) is 4.79 Å². The summed E-state index contributed by atoms with van der Waals surface area (Å²) in [5.74, 6) is 1.36. The fraction of sp³-hybridized carbons (Fsp3) is 0.250. The molecule has 122 valence electrons. The fourth-order valence-corrected chi connectivity index (χ4v) is 2.47. The van der Waals surface area contributed by atoms with E-state index in [1.54, 1.807) is 31.5 Å². The number of methoxy groups -OCH3 is 3. The van der Waals surface area contributed by atoms with Crippen molar-refractivity contribution in [1.29, 1.82) is 0 Å². The van der Waals surface area contributed by atoms with Crippen molar-refractivity contribution in [3.63, 3.8) is 0 Å². The van der Waals surface area contributed by atoms with Gasteiger partial charge in [0.05, 0.1) is 21.3 Å². The summed E-state index contributed by atoms with van der Waals surface area (Å²) in [6.07, 6.45) is 1.65. The van der Waals surface area contributed by atoms with E-state index in [0.717, 1.165) is 5.56 Å². The van der Waals surface area contributed by atoms with E-state index in [2.05, 4.69) is 26.2 Å². The van der Waals surface area contributed by atoms with Gasteiger partial charge in [0.1, 0.15) is 16.0 Å². The first-order valence-corrected chi connectivity index (χ1v) is 7.57. The van der Waals surface area contributed by atoms with Crippen molar-refractivity contribution in [2.45, 2.75) is 6.54 Å². The van der Waals surface area contributed by atoms with Crippen LogP contribution >= 0.6 is 15.9 Å². The summed E-state index contributed by atoms with van der Waals surface area (Å²) in [4.78, 5) is 16.4. The SMILES string of the molecule is COc1ccc(CNC(=O)c2cc(OC)c(Br)c(OC)c2)cn1. The monoisotopic (exact) mass is 380 g/mol. The maximum atomic E-state index is 12.3. The van der Waals surface area contributed by atoms with Gasteiger partial charge in [0, 0.05) is 24.4 Å². The first kappa shape index (κ1) is 17.1. The topological polar surface area (TPSA) is 69.7 Å². The molecule has 6 nitrogen and oxygen atoms in total. The van der Waals surface area contributed by atoms with Gasteiger partial charge in [-0.15, -0.1) is 0 Å². The molecule has 0 aliphatic carbocycles. The van der Waals surface area contributed by atoms with Crippen molar-refractivity contribution in [2.24, 2.45) is 0 Å². The molecule has 0 bridgehead atoms. The molecule has 0 saturated carbocycles. The molecule has 0 aliphatic heterocycles. The molecule has 0 saturated heterocycles. The van der Waals surface area contributed by atoms with Gasteiger partial charge in [0.15, 0.2) is 0 Å². The molecule has 2 rings (SSSR count). The van der Waals surface area contributed by atoms with Crippen LogP contribution < -0.4 is 19.5 Å². The van der Waals surface area contributed by atoms with Crippen LogP contribution in [0, 0.1) is 0 Å². The average molecular weight is 381 g/mol. The molecule has 1 N–H and O–H groups in total. The lowest BCUT2D eigenvalue weighted by atomic mass is 10.1. The standard InChI is InChI=1S/C16H17BrN2O4/c1-21-12-6-11(7-13(22-2)15(12)17)16(20)19-9-10-4-5-14(23-3)18-8-10/h4-8H,9H2,1-3H3,(H,19,20). The number of carbonyl (C=O) groups is 1. The van der Waals surface area contributed by atoms with Crippen LogP contribution in [0.4, 0.5) is 0 Å². The van der Waals surface area contributed by atoms with Gasteiger partial charge in [0.2, 0.25) is 5.88 Å². The van der Waals surface area contributed by atoms with Crippen molar-refractivity contribution in [1.82, 2.24) is 10.3 Å². The zero-order valence-electron chi connectivity index (χ0n) is 13.1. The second-order valence-corrected chi connectivity index (χ2v) is 5.38. The number of hydrogen-bond acceptors (Lipinski definition) is 5. The zero-order valence-corrected chi connectivity index (χ0v) is 14.6. The minimum Gasteiger partial charge on any atom is -0.495 e. The van der Waals surface area contributed by atoms with E-state index in [9.17, 15) is 4.79 Å². The van der Waals surface area contributed by atoms with Gasteiger partial charge in [-0.1, -0.05) is 6.07 Å². The quantitative estimate of drug-likeness (QED) is 0.834. The summed E-state index contributed by atoms with van der Waals surface area (Å²) < 4.78 is 16.1. The Balaban J connectivity index is 2.10.